The molecule has 0 bridgehead atoms. The lowest BCUT2D eigenvalue weighted by Gasteiger charge is -2.24. The SMILES string of the molecule is C.C.C.C.C.C.C.C.C.C.C.C.CCC(C)(C)C(=O)Oc1ccc(O)c(O)c1.CCC(C)(C)c1cc(I)c(O)c(OC)c1.CCC(C)(C)c1cc(O)c(O)c(O)c1.CCC(C)(C)c1ccc(O)c(C)c1.CCC(C)(C)c1ccc(O)c(F)c1.CCC(C)(C)c1ccc(O)c(O)c1. The molecule has 0 saturated carbocycles. The van der Waals surface area contributed by atoms with Crippen LogP contribution in [0.2, 0.25) is 0 Å². The minimum absolute atomic E-state index is 0. The molecule has 10 N–H and O–H groups in total. The van der Waals surface area contributed by atoms with Crippen LogP contribution in [0.1, 0.15) is 286 Å². The van der Waals surface area contributed by atoms with Crippen molar-refractivity contribution in [2.45, 2.75) is 286 Å². The van der Waals surface area contributed by atoms with Crippen LogP contribution in [0.5, 0.6) is 69.0 Å². The monoisotopic (exact) mass is 1470 g/mol. The topological polar surface area (TPSA) is 238 Å². The van der Waals surface area contributed by atoms with Gasteiger partial charge < -0.3 is 60.5 Å². The van der Waals surface area contributed by atoms with Gasteiger partial charge in [0.2, 0.25) is 0 Å². The number of hydrogen-bond acceptors (Lipinski definition) is 13. The summed E-state index contributed by atoms with van der Waals surface area (Å²) in [6, 6.07) is 26.2. The zero-order valence-electron chi connectivity index (χ0n) is 53.4. The lowest BCUT2D eigenvalue weighted by atomic mass is 9.82. The quantitative estimate of drug-likeness (QED) is 0.0212. The van der Waals surface area contributed by atoms with E-state index in [0.717, 1.165) is 57.9 Å². The molecule has 6 aromatic rings. The molecule has 13 nitrogen and oxygen atoms in total. The highest BCUT2D eigenvalue weighted by Gasteiger charge is 2.28. The Balaban J connectivity index is -0.0000000862. The molecule has 0 spiro atoms. The number of benzene rings is 6. The number of aryl methyl sites for hydroxylation is 1. The predicted octanol–water partition coefficient (Wildman–Crippen LogP) is 25.6. The average molecular weight is 1470 g/mol. The van der Waals surface area contributed by atoms with Crippen molar-refractivity contribution in [1.29, 1.82) is 0 Å². The third-order valence-corrected chi connectivity index (χ3v) is 17.2. The summed E-state index contributed by atoms with van der Waals surface area (Å²) in [5.74, 6) is -1.45. The van der Waals surface area contributed by atoms with Gasteiger partial charge in [0.15, 0.2) is 63.3 Å². The first-order chi connectivity index (χ1) is 38.6. The van der Waals surface area contributed by atoms with E-state index >= 15 is 0 Å². The van der Waals surface area contributed by atoms with E-state index < -0.39 is 17.0 Å². The Bertz CT molecular complexity index is 2900. The maximum atomic E-state index is 13.0. The molecule has 0 heterocycles. The largest absolute Gasteiger partial charge is 0.508 e. The fourth-order valence-electron chi connectivity index (χ4n) is 7.04. The molecule has 0 atom stereocenters. The van der Waals surface area contributed by atoms with Crippen molar-refractivity contribution in [2.24, 2.45) is 5.41 Å². The Kier molecular flexibility index (Phi) is 60.3. The van der Waals surface area contributed by atoms with Gasteiger partial charge in [0.25, 0.3) is 0 Å². The molecule has 0 aliphatic heterocycles. The number of phenols is 10. The van der Waals surface area contributed by atoms with Crippen molar-refractivity contribution in [3.05, 3.63) is 140 Å². The van der Waals surface area contributed by atoms with Crippen molar-refractivity contribution in [2.75, 3.05) is 7.11 Å². The number of carbonyl (C=O) groups excluding carboxylic acids is 1. The molecule has 0 aliphatic rings. The summed E-state index contributed by atoms with van der Waals surface area (Å²) in [6.07, 6.45) is 5.65. The molecule has 96 heavy (non-hydrogen) atoms. The normalized spacial score (nSPS) is 10.1. The lowest BCUT2D eigenvalue weighted by Crippen LogP contribution is -2.28. The van der Waals surface area contributed by atoms with E-state index in [9.17, 15) is 39.8 Å². The van der Waals surface area contributed by atoms with Crippen LogP contribution in [0.15, 0.2) is 97.1 Å². The predicted molar refractivity (Wildman–Crippen MR) is 426 cm³/mol. The van der Waals surface area contributed by atoms with Gasteiger partial charge in [0.1, 0.15) is 11.5 Å². The third-order valence-electron chi connectivity index (χ3n) is 16.4. The molecule has 15 heteroatoms. The standard InChI is InChI=1S/C12H17IO2.C12H16O4.C12H18O.C11H15FO.C11H16O3.C11H16O2.12CH4/c1-5-12(2,3)8-6-9(13)11(14)10(7-8)15-4;1-4-12(2,3)11(15)16-8-5-6-9(13)10(14)7-8;1-5-12(3,4)10-6-7-11(13)9(2)8-10;1-4-11(2,3)8-5-6-10(13)9(12)7-8;1-4-11(2,3)7-5-8(12)10(14)9(13)6-7;1-4-11(2,3)8-5-6-9(12)10(13)7-8;;;;;;;;;;;;/h6-7,14H,5H2,1-4H3;5-7,13-14H,4H2,1-3H3;6-8,13H,5H2,1-4H3;5-7,13H,4H2,1-3H3;5-6,12-14H,4H2,1-3H3;5-7,12-13H,4H2,1-3H3;12*1H4. The first-order valence-corrected chi connectivity index (χ1v) is 29.5. The fourth-order valence-corrected chi connectivity index (χ4v) is 7.64. The van der Waals surface area contributed by atoms with Gasteiger partial charge in [-0.25, -0.2) is 4.39 Å². The first kappa shape index (κ1) is 116. The van der Waals surface area contributed by atoms with Crippen LogP contribution in [0.25, 0.3) is 0 Å². The number of methoxy groups -OCH3 is 1. The summed E-state index contributed by atoms with van der Waals surface area (Å²) in [6.45, 7) is 39.1. The van der Waals surface area contributed by atoms with Gasteiger partial charge in [0, 0.05) is 6.07 Å². The number of hydrogen-bond donors (Lipinski definition) is 10. The van der Waals surface area contributed by atoms with Crippen LogP contribution < -0.4 is 9.47 Å². The van der Waals surface area contributed by atoms with Gasteiger partial charge in [-0.3, -0.25) is 4.79 Å². The Hall–Kier alpha value is -6.75. The van der Waals surface area contributed by atoms with Crippen molar-refractivity contribution in [1.82, 2.24) is 0 Å². The van der Waals surface area contributed by atoms with E-state index in [4.69, 9.17) is 29.9 Å². The molecule has 0 fully saturated rings. The molecular weight excluding hydrogens is 1330 g/mol. The summed E-state index contributed by atoms with van der Waals surface area (Å²) in [7, 11) is 1.58. The molecular formula is C81H146FIO13. The number of phenolic OH excluding ortho intramolecular Hbond substituents is 10. The summed E-state index contributed by atoms with van der Waals surface area (Å²) in [5.41, 5.74) is 5.88. The Morgan fingerprint density at radius 2 is 0.688 bits per heavy atom. The minimum Gasteiger partial charge on any atom is -0.508 e. The molecule has 0 aliphatic carbocycles. The lowest BCUT2D eigenvalue weighted by molar-refractivity contribution is -0.144. The first-order valence-electron chi connectivity index (χ1n) is 28.5. The number of halogens is 2. The van der Waals surface area contributed by atoms with Crippen molar-refractivity contribution in [3.8, 4) is 69.0 Å². The molecule has 0 amide bonds. The van der Waals surface area contributed by atoms with Gasteiger partial charge in [-0.15, -0.1) is 0 Å². The van der Waals surface area contributed by atoms with Crippen molar-refractivity contribution in [3.63, 3.8) is 0 Å². The van der Waals surface area contributed by atoms with E-state index in [0.29, 0.717) is 17.9 Å². The summed E-state index contributed by atoms with van der Waals surface area (Å²) < 4.78 is 24.1. The van der Waals surface area contributed by atoms with Gasteiger partial charge >= 0.3 is 5.97 Å². The highest BCUT2D eigenvalue weighted by molar-refractivity contribution is 14.1. The van der Waals surface area contributed by atoms with Crippen LogP contribution in [0, 0.1) is 21.7 Å². The summed E-state index contributed by atoms with van der Waals surface area (Å²) >= 11 is 2.13. The van der Waals surface area contributed by atoms with Crippen molar-refractivity contribution < 1.29 is 69.7 Å². The number of aromatic hydroxyl groups is 10. The highest BCUT2D eigenvalue weighted by atomic mass is 127. The molecule has 6 rings (SSSR count). The summed E-state index contributed by atoms with van der Waals surface area (Å²) in [4.78, 5) is 11.7. The van der Waals surface area contributed by atoms with Gasteiger partial charge in [-0.1, -0.05) is 224 Å². The van der Waals surface area contributed by atoms with E-state index in [1.807, 2.05) is 58.9 Å². The highest BCUT2D eigenvalue weighted by Crippen LogP contribution is 2.41. The number of carbonyl (C=O) groups is 1. The van der Waals surface area contributed by atoms with Crippen LogP contribution in [0.3, 0.4) is 0 Å². The number of rotatable bonds is 14. The second-order valence-corrected chi connectivity index (χ2v) is 25.9. The Morgan fingerprint density at radius 3 is 1.02 bits per heavy atom. The molecule has 0 aromatic heterocycles. The molecule has 0 saturated heterocycles. The fraction of sp³-hybridized carbons (Fsp3) is 0.543. The van der Waals surface area contributed by atoms with E-state index in [1.54, 1.807) is 39.2 Å². The van der Waals surface area contributed by atoms with Gasteiger partial charge in [-0.2, -0.15) is 0 Å². The third kappa shape index (κ3) is 34.5. The van der Waals surface area contributed by atoms with Crippen LogP contribution in [-0.2, 0) is 31.9 Å². The van der Waals surface area contributed by atoms with Gasteiger partial charge in [0.05, 0.1) is 16.1 Å². The smallest absolute Gasteiger partial charge is 0.316 e. The zero-order chi connectivity index (χ0) is 65.1. The number of esters is 1. The Morgan fingerprint density at radius 1 is 0.375 bits per heavy atom. The maximum absolute atomic E-state index is 13.0. The van der Waals surface area contributed by atoms with Gasteiger partial charge in [-0.05, 0) is 209 Å². The van der Waals surface area contributed by atoms with E-state index in [-0.39, 0.29) is 174 Å². The molecule has 0 radical (unpaired) electrons. The Labute approximate surface area is 602 Å². The maximum Gasteiger partial charge on any atom is 0.316 e. The number of ether oxygens (including phenoxy) is 2. The van der Waals surface area contributed by atoms with Crippen molar-refractivity contribution >= 4 is 28.6 Å². The average Bonchev–Trinajstić information content (AvgIpc) is 0.846. The van der Waals surface area contributed by atoms with Crippen LogP contribution in [0.4, 0.5) is 4.39 Å². The molecule has 6 aromatic carbocycles. The second kappa shape index (κ2) is 49.7. The molecule has 562 valence electrons. The minimum atomic E-state index is -0.562. The second-order valence-electron chi connectivity index (χ2n) is 24.7. The zero-order valence-corrected chi connectivity index (χ0v) is 55.6. The summed E-state index contributed by atoms with van der Waals surface area (Å²) in [5, 5.41) is 92.7. The van der Waals surface area contributed by atoms with E-state index in [2.05, 4.69) is 112 Å². The van der Waals surface area contributed by atoms with Crippen LogP contribution >= 0.6 is 22.6 Å². The van der Waals surface area contributed by atoms with Crippen LogP contribution in [-0.4, -0.2) is 64.1 Å². The van der Waals surface area contributed by atoms with E-state index in [1.165, 1.54) is 59.7 Å². The molecule has 0 unspecified atom stereocenters.